The van der Waals surface area contributed by atoms with E-state index >= 15 is 0 Å². The summed E-state index contributed by atoms with van der Waals surface area (Å²) in [6, 6.07) is 13.3. The van der Waals surface area contributed by atoms with E-state index in [1.165, 1.54) is 48.5 Å². The van der Waals surface area contributed by atoms with E-state index in [0.717, 1.165) is 0 Å². The van der Waals surface area contributed by atoms with Gasteiger partial charge in [0.2, 0.25) is 0 Å². The summed E-state index contributed by atoms with van der Waals surface area (Å²) < 4.78 is 54.7. The first-order valence-corrected chi connectivity index (χ1v) is 9.42. The number of halogens is 4. The Morgan fingerprint density at radius 1 is 1.04 bits per heavy atom. The number of sulfonamides is 1. The third-order valence-electron chi connectivity index (χ3n) is 3.47. The molecule has 26 heavy (non-hydrogen) atoms. The summed E-state index contributed by atoms with van der Waals surface area (Å²) in [6.45, 7) is 0. The molecule has 0 fully saturated rings. The molecule has 0 spiro atoms. The standard InChI is InChI=1S/C16H11Cl2F2N3O2S/c17-11-8-6-10(7-9-11)13-14(16(18,19)20)21-22-15(13)23-26(24,25)12-4-2-1-3-5-12/h1-9H,(H2,21,22,23). The van der Waals surface area contributed by atoms with Crippen molar-refractivity contribution in [2.24, 2.45) is 0 Å². The van der Waals surface area contributed by atoms with Crippen LogP contribution in [0.2, 0.25) is 5.02 Å². The molecule has 5 nitrogen and oxygen atoms in total. The number of alkyl halides is 3. The fourth-order valence-corrected chi connectivity index (χ4v) is 3.60. The molecular formula is C16H11Cl2F2N3O2S. The van der Waals surface area contributed by atoms with Crippen LogP contribution in [0.4, 0.5) is 14.6 Å². The van der Waals surface area contributed by atoms with E-state index in [-0.39, 0.29) is 21.8 Å². The van der Waals surface area contributed by atoms with Crippen LogP contribution in [0, 0.1) is 0 Å². The van der Waals surface area contributed by atoms with Crippen LogP contribution in [0.25, 0.3) is 11.1 Å². The van der Waals surface area contributed by atoms with E-state index in [2.05, 4.69) is 14.9 Å². The van der Waals surface area contributed by atoms with Crippen LogP contribution < -0.4 is 4.72 Å². The quantitative estimate of drug-likeness (QED) is 0.584. The Labute approximate surface area is 158 Å². The van der Waals surface area contributed by atoms with E-state index in [1.54, 1.807) is 6.07 Å². The van der Waals surface area contributed by atoms with Crippen molar-refractivity contribution in [1.82, 2.24) is 10.2 Å². The lowest BCUT2D eigenvalue weighted by atomic mass is 10.1. The number of benzene rings is 2. The molecule has 0 radical (unpaired) electrons. The van der Waals surface area contributed by atoms with E-state index in [4.69, 9.17) is 23.2 Å². The Morgan fingerprint density at radius 2 is 1.65 bits per heavy atom. The average Bonchev–Trinajstić information content (AvgIpc) is 2.99. The number of anilines is 1. The zero-order valence-corrected chi connectivity index (χ0v) is 15.2. The molecule has 3 rings (SSSR count). The highest BCUT2D eigenvalue weighted by Gasteiger charge is 2.36. The van der Waals surface area contributed by atoms with Gasteiger partial charge in [-0.3, -0.25) is 9.82 Å². The zero-order valence-electron chi connectivity index (χ0n) is 12.9. The molecule has 10 heteroatoms. The van der Waals surface area contributed by atoms with Gasteiger partial charge in [0, 0.05) is 5.02 Å². The van der Waals surface area contributed by atoms with E-state index in [1.807, 2.05) is 0 Å². The van der Waals surface area contributed by atoms with Gasteiger partial charge in [-0.1, -0.05) is 41.9 Å². The fraction of sp³-hybridized carbons (Fsp3) is 0.0625. The highest BCUT2D eigenvalue weighted by Crippen LogP contribution is 2.41. The number of nitrogens with zero attached hydrogens (tertiary/aromatic N) is 1. The van der Waals surface area contributed by atoms with Gasteiger partial charge in [-0.05, 0) is 41.4 Å². The van der Waals surface area contributed by atoms with E-state index in [0.29, 0.717) is 5.02 Å². The lowest BCUT2D eigenvalue weighted by Gasteiger charge is -2.11. The topological polar surface area (TPSA) is 74.8 Å². The molecule has 2 aromatic carbocycles. The molecule has 0 aliphatic rings. The Balaban J connectivity index is 2.11. The minimum Gasteiger partial charge on any atom is -0.272 e. The highest BCUT2D eigenvalue weighted by atomic mass is 35.5. The van der Waals surface area contributed by atoms with Gasteiger partial charge >= 0.3 is 5.38 Å². The van der Waals surface area contributed by atoms with Gasteiger partial charge in [-0.2, -0.15) is 13.9 Å². The third-order valence-corrected chi connectivity index (χ3v) is 5.26. The number of nitrogens with one attached hydrogen (secondary N) is 2. The van der Waals surface area contributed by atoms with Crippen molar-refractivity contribution in [3.8, 4) is 11.1 Å². The molecule has 2 N–H and O–H groups in total. The summed E-state index contributed by atoms with van der Waals surface area (Å²) in [6.07, 6.45) is 0. The van der Waals surface area contributed by atoms with Gasteiger partial charge in [-0.15, -0.1) is 0 Å². The van der Waals surface area contributed by atoms with Crippen LogP contribution in [-0.4, -0.2) is 18.6 Å². The molecule has 0 amide bonds. The number of rotatable bonds is 5. The van der Waals surface area contributed by atoms with Crippen LogP contribution in [0.3, 0.4) is 0 Å². The first kappa shape index (κ1) is 18.6. The SMILES string of the molecule is O=S(=O)(Nc1n[nH]c(C(F)(F)Cl)c1-c1ccc(Cl)cc1)c1ccccc1. The second-order valence-corrected chi connectivity index (χ2v) is 7.84. The lowest BCUT2D eigenvalue weighted by Crippen LogP contribution is -2.14. The highest BCUT2D eigenvalue weighted by molar-refractivity contribution is 7.92. The van der Waals surface area contributed by atoms with Crippen molar-refractivity contribution < 1.29 is 17.2 Å². The fourth-order valence-electron chi connectivity index (χ4n) is 2.30. The second-order valence-electron chi connectivity index (χ2n) is 5.25. The Kier molecular flexibility index (Phi) is 4.92. The summed E-state index contributed by atoms with van der Waals surface area (Å²) in [7, 11) is -4.03. The van der Waals surface area contributed by atoms with Crippen molar-refractivity contribution in [2.45, 2.75) is 10.3 Å². The predicted octanol–water partition coefficient (Wildman–Crippen LogP) is 4.82. The number of H-pyrrole nitrogens is 1. The van der Waals surface area contributed by atoms with Crippen molar-refractivity contribution in [2.75, 3.05) is 4.72 Å². The maximum absolute atomic E-state index is 13.7. The van der Waals surface area contributed by atoms with Crippen LogP contribution in [-0.2, 0) is 15.4 Å². The maximum atomic E-state index is 13.7. The first-order chi connectivity index (χ1) is 12.2. The van der Waals surface area contributed by atoms with Gasteiger partial charge in [0.25, 0.3) is 10.0 Å². The van der Waals surface area contributed by atoms with Crippen molar-refractivity contribution in [3.05, 3.63) is 65.3 Å². The smallest absolute Gasteiger partial charge is 0.272 e. The van der Waals surface area contributed by atoms with E-state index in [9.17, 15) is 17.2 Å². The third kappa shape index (κ3) is 3.82. The van der Waals surface area contributed by atoms with Crippen molar-refractivity contribution in [1.29, 1.82) is 0 Å². The average molecular weight is 418 g/mol. The molecule has 0 atom stereocenters. The van der Waals surface area contributed by atoms with Crippen LogP contribution in [0.5, 0.6) is 0 Å². The molecule has 3 aromatic rings. The summed E-state index contributed by atoms with van der Waals surface area (Å²) in [5.41, 5.74) is -0.627. The molecule has 0 aliphatic carbocycles. The summed E-state index contributed by atoms with van der Waals surface area (Å²) in [5, 5.41) is 2.40. The molecule has 136 valence electrons. The van der Waals surface area contributed by atoms with Gasteiger partial charge < -0.3 is 0 Å². The molecular weight excluding hydrogens is 407 g/mol. The monoisotopic (exact) mass is 417 g/mol. The summed E-state index contributed by atoms with van der Waals surface area (Å²) in [4.78, 5) is -0.0377. The molecule has 1 heterocycles. The molecule has 0 aliphatic heterocycles. The Bertz CT molecular complexity index is 1020. The molecule has 0 saturated heterocycles. The minimum atomic E-state index is -4.03. The van der Waals surface area contributed by atoms with Crippen molar-refractivity contribution in [3.63, 3.8) is 0 Å². The molecule has 0 bridgehead atoms. The predicted molar refractivity (Wildman–Crippen MR) is 96.0 cm³/mol. The lowest BCUT2D eigenvalue weighted by molar-refractivity contribution is 0.0905. The molecule has 0 unspecified atom stereocenters. The second kappa shape index (κ2) is 6.86. The normalized spacial score (nSPS) is 12.2. The van der Waals surface area contributed by atoms with Crippen LogP contribution in [0.15, 0.2) is 59.5 Å². The van der Waals surface area contributed by atoms with Crippen molar-refractivity contribution >= 4 is 39.0 Å². The summed E-state index contributed by atoms with van der Waals surface area (Å²) in [5.74, 6) is -0.300. The minimum absolute atomic E-state index is 0.0377. The number of aromatic amines is 1. The number of aromatic nitrogens is 2. The van der Waals surface area contributed by atoms with Gasteiger partial charge in [0.1, 0.15) is 5.69 Å². The Hall–Kier alpha value is -2.16. The number of hydrogen-bond acceptors (Lipinski definition) is 3. The summed E-state index contributed by atoms with van der Waals surface area (Å²) >= 11 is 11.0. The zero-order chi connectivity index (χ0) is 18.9. The molecule has 1 aromatic heterocycles. The molecule has 0 saturated carbocycles. The maximum Gasteiger partial charge on any atom is 0.364 e. The first-order valence-electron chi connectivity index (χ1n) is 7.18. The van der Waals surface area contributed by atoms with Gasteiger partial charge in [0.05, 0.1) is 10.5 Å². The number of hydrogen-bond donors (Lipinski definition) is 2. The van der Waals surface area contributed by atoms with Gasteiger partial charge in [0.15, 0.2) is 5.82 Å². The van der Waals surface area contributed by atoms with E-state index < -0.39 is 21.1 Å². The van der Waals surface area contributed by atoms with Crippen LogP contribution >= 0.6 is 23.2 Å². The van der Waals surface area contributed by atoms with Crippen LogP contribution in [0.1, 0.15) is 5.69 Å². The largest absolute Gasteiger partial charge is 0.364 e. The van der Waals surface area contributed by atoms with Gasteiger partial charge in [-0.25, -0.2) is 8.42 Å². The Morgan fingerprint density at radius 3 is 2.23 bits per heavy atom.